The second-order valence-corrected chi connectivity index (χ2v) is 2.25. The fourth-order valence-electron chi connectivity index (χ4n) is 0.811. The molecule has 2 nitrogen and oxygen atoms in total. The van der Waals surface area contributed by atoms with E-state index in [0.717, 1.165) is 12.2 Å². The van der Waals surface area contributed by atoms with Gasteiger partial charge in [0.15, 0.2) is 0 Å². The van der Waals surface area contributed by atoms with Crippen LogP contribution in [0.4, 0.5) is 0 Å². The minimum absolute atomic E-state index is 0.579. The van der Waals surface area contributed by atoms with E-state index in [0.29, 0.717) is 5.28 Å². The SMILES string of the molecule is CCn1c(C)cnc1Cl. The molecule has 9 heavy (non-hydrogen) atoms. The number of halogens is 1. The van der Waals surface area contributed by atoms with Gasteiger partial charge in [-0.2, -0.15) is 0 Å². The van der Waals surface area contributed by atoms with Crippen LogP contribution < -0.4 is 0 Å². The highest BCUT2D eigenvalue weighted by atomic mass is 35.5. The molecular weight excluding hydrogens is 136 g/mol. The predicted octanol–water partition coefficient (Wildman–Crippen LogP) is 1.86. The van der Waals surface area contributed by atoms with Crippen molar-refractivity contribution in [1.29, 1.82) is 0 Å². The summed E-state index contributed by atoms with van der Waals surface area (Å²) in [6.45, 7) is 4.92. The van der Waals surface area contributed by atoms with E-state index in [2.05, 4.69) is 4.98 Å². The lowest BCUT2D eigenvalue weighted by atomic mass is 10.5. The van der Waals surface area contributed by atoms with Crippen molar-refractivity contribution in [3.8, 4) is 0 Å². The lowest BCUT2D eigenvalue weighted by molar-refractivity contribution is 0.738. The molecule has 0 aromatic carbocycles. The molecule has 3 heteroatoms. The van der Waals surface area contributed by atoms with Crippen molar-refractivity contribution < 1.29 is 0 Å². The Morgan fingerprint density at radius 2 is 2.44 bits per heavy atom. The maximum absolute atomic E-state index is 5.70. The van der Waals surface area contributed by atoms with Crippen LogP contribution in [0.25, 0.3) is 0 Å². The molecule has 1 rings (SSSR count). The number of imidazole rings is 1. The Hall–Kier alpha value is -0.500. The van der Waals surface area contributed by atoms with E-state index < -0.39 is 0 Å². The number of hydrogen-bond donors (Lipinski definition) is 0. The lowest BCUT2D eigenvalue weighted by Gasteiger charge is -1.98. The second-order valence-electron chi connectivity index (χ2n) is 1.91. The second kappa shape index (κ2) is 2.40. The molecule has 0 bridgehead atoms. The zero-order chi connectivity index (χ0) is 6.85. The molecule has 0 atom stereocenters. The standard InChI is InChI=1S/C6H9ClN2/c1-3-9-5(2)4-8-6(9)7/h4H,3H2,1-2H3. The van der Waals surface area contributed by atoms with Gasteiger partial charge >= 0.3 is 0 Å². The van der Waals surface area contributed by atoms with Gasteiger partial charge in [-0.15, -0.1) is 0 Å². The summed E-state index contributed by atoms with van der Waals surface area (Å²) in [7, 11) is 0. The van der Waals surface area contributed by atoms with Gasteiger partial charge in [0.2, 0.25) is 5.28 Å². The third-order valence-corrected chi connectivity index (χ3v) is 1.62. The smallest absolute Gasteiger partial charge is 0.202 e. The lowest BCUT2D eigenvalue weighted by Crippen LogP contribution is -1.95. The minimum atomic E-state index is 0.579. The summed E-state index contributed by atoms with van der Waals surface area (Å²) in [4.78, 5) is 3.92. The van der Waals surface area contributed by atoms with Crippen LogP contribution in [-0.2, 0) is 6.54 Å². The summed E-state index contributed by atoms with van der Waals surface area (Å²) >= 11 is 5.70. The van der Waals surface area contributed by atoms with Crippen LogP contribution in [0.2, 0.25) is 5.28 Å². The van der Waals surface area contributed by atoms with Crippen LogP contribution in [-0.4, -0.2) is 9.55 Å². The Labute approximate surface area is 59.5 Å². The predicted molar refractivity (Wildman–Crippen MR) is 37.6 cm³/mol. The molecule has 50 valence electrons. The molecule has 0 fully saturated rings. The highest BCUT2D eigenvalue weighted by molar-refractivity contribution is 6.28. The average Bonchev–Trinajstić information content (AvgIpc) is 2.12. The third kappa shape index (κ3) is 1.08. The summed E-state index contributed by atoms with van der Waals surface area (Å²) in [5, 5.41) is 0.579. The van der Waals surface area contributed by atoms with Crippen LogP contribution in [0, 0.1) is 6.92 Å². The number of nitrogens with zero attached hydrogens (tertiary/aromatic N) is 2. The average molecular weight is 145 g/mol. The molecule has 0 aliphatic rings. The van der Waals surface area contributed by atoms with E-state index in [1.54, 1.807) is 6.20 Å². The van der Waals surface area contributed by atoms with E-state index in [1.165, 1.54) is 0 Å². The summed E-state index contributed by atoms with van der Waals surface area (Å²) in [6, 6.07) is 0. The Morgan fingerprint density at radius 1 is 1.78 bits per heavy atom. The van der Waals surface area contributed by atoms with Crippen LogP contribution in [0.5, 0.6) is 0 Å². The van der Waals surface area contributed by atoms with Crippen molar-refractivity contribution in [1.82, 2.24) is 9.55 Å². The number of aryl methyl sites for hydroxylation is 1. The fourth-order valence-corrected chi connectivity index (χ4v) is 1.11. The Morgan fingerprint density at radius 3 is 2.67 bits per heavy atom. The maximum Gasteiger partial charge on any atom is 0.202 e. The molecule has 0 aliphatic carbocycles. The number of hydrogen-bond acceptors (Lipinski definition) is 1. The first-order chi connectivity index (χ1) is 4.25. The van der Waals surface area contributed by atoms with Crippen molar-refractivity contribution in [2.75, 3.05) is 0 Å². The first-order valence-electron chi connectivity index (χ1n) is 2.93. The molecule has 0 aliphatic heterocycles. The van der Waals surface area contributed by atoms with Crippen molar-refractivity contribution in [2.45, 2.75) is 20.4 Å². The minimum Gasteiger partial charge on any atom is -0.319 e. The quantitative estimate of drug-likeness (QED) is 0.589. The van der Waals surface area contributed by atoms with Gasteiger partial charge in [0.1, 0.15) is 0 Å². The normalized spacial score (nSPS) is 10.1. The molecule has 0 amide bonds. The molecule has 1 heterocycles. The van der Waals surface area contributed by atoms with E-state index in [4.69, 9.17) is 11.6 Å². The zero-order valence-electron chi connectivity index (χ0n) is 5.56. The molecular formula is C6H9ClN2. The Balaban J connectivity index is 3.07. The first kappa shape index (κ1) is 6.62. The fraction of sp³-hybridized carbons (Fsp3) is 0.500. The van der Waals surface area contributed by atoms with Gasteiger partial charge in [0.05, 0.1) is 0 Å². The van der Waals surface area contributed by atoms with Crippen LogP contribution in [0.15, 0.2) is 6.20 Å². The molecule has 1 aromatic rings. The van der Waals surface area contributed by atoms with Gasteiger partial charge in [-0.05, 0) is 25.4 Å². The van der Waals surface area contributed by atoms with Crippen molar-refractivity contribution >= 4 is 11.6 Å². The van der Waals surface area contributed by atoms with Crippen molar-refractivity contribution in [2.24, 2.45) is 0 Å². The van der Waals surface area contributed by atoms with Crippen molar-refractivity contribution in [3.63, 3.8) is 0 Å². The molecule has 0 N–H and O–H groups in total. The number of rotatable bonds is 1. The van der Waals surface area contributed by atoms with Crippen LogP contribution in [0.1, 0.15) is 12.6 Å². The summed E-state index contributed by atoms with van der Waals surface area (Å²) in [5.74, 6) is 0. The molecule has 0 unspecified atom stereocenters. The maximum atomic E-state index is 5.70. The molecule has 0 saturated carbocycles. The first-order valence-corrected chi connectivity index (χ1v) is 3.31. The summed E-state index contributed by atoms with van der Waals surface area (Å²) < 4.78 is 1.95. The topological polar surface area (TPSA) is 17.8 Å². The summed E-state index contributed by atoms with van der Waals surface area (Å²) in [6.07, 6.45) is 1.77. The largest absolute Gasteiger partial charge is 0.319 e. The zero-order valence-corrected chi connectivity index (χ0v) is 6.31. The third-order valence-electron chi connectivity index (χ3n) is 1.32. The number of aromatic nitrogens is 2. The Bertz CT molecular complexity index is 185. The van der Waals surface area contributed by atoms with Gasteiger partial charge < -0.3 is 4.57 Å². The van der Waals surface area contributed by atoms with Gasteiger partial charge in [-0.3, -0.25) is 0 Å². The van der Waals surface area contributed by atoms with Crippen LogP contribution >= 0.6 is 11.6 Å². The van der Waals surface area contributed by atoms with Gasteiger partial charge in [0, 0.05) is 18.4 Å². The van der Waals surface area contributed by atoms with Gasteiger partial charge in [-0.25, -0.2) is 4.98 Å². The van der Waals surface area contributed by atoms with Gasteiger partial charge in [0.25, 0.3) is 0 Å². The molecule has 0 saturated heterocycles. The van der Waals surface area contributed by atoms with E-state index >= 15 is 0 Å². The molecule has 0 spiro atoms. The van der Waals surface area contributed by atoms with Gasteiger partial charge in [-0.1, -0.05) is 0 Å². The highest BCUT2D eigenvalue weighted by Gasteiger charge is 1.98. The molecule has 1 aromatic heterocycles. The highest BCUT2D eigenvalue weighted by Crippen LogP contribution is 2.08. The van der Waals surface area contributed by atoms with Crippen LogP contribution in [0.3, 0.4) is 0 Å². The van der Waals surface area contributed by atoms with E-state index in [9.17, 15) is 0 Å². The van der Waals surface area contributed by atoms with Crippen molar-refractivity contribution in [3.05, 3.63) is 17.2 Å². The molecule has 0 radical (unpaired) electrons. The Kier molecular flexibility index (Phi) is 1.76. The van der Waals surface area contributed by atoms with E-state index in [1.807, 2.05) is 18.4 Å². The monoisotopic (exact) mass is 144 g/mol. The summed E-state index contributed by atoms with van der Waals surface area (Å²) in [5.41, 5.74) is 1.11. The van der Waals surface area contributed by atoms with E-state index in [-0.39, 0.29) is 0 Å².